The molecule has 1 heterocycles. The summed E-state index contributed by atoms with van der Waals surface area (Å²) in [5, 5.41) is 8.83. The summed E-state index contributed by atoms with van der Waals surface area (Å²) >= 11 is 0. The highest BCUT2D eigenvalue weighted by atomic mass is 17.2. The molecule has 6 nitrogen and oxygen atoms in total. The quantitative estimate of drug-likeness (QED) is 0.423. The lowest BCUT2D eigenvalue weighted by molar-refractivity contribution is -0.252. The highest BCUT2D eigenvalue weighted by Crippen LogP contribution is 2.26. The van der Waals surface area contributed by atoms with Gasteiger partial charge in [-0.15, -0.1) is 0 Å². The zero-order valence-corrected chi connectivity index (χ0v) is 8.98. The van der Waals surface area contributed by atoms with Crippen LogP contribution in [0.5, 0.6) is 0 Å². The average Bonchev–Trinajstić information content (AvgIpc) is 2.19. The molecule has 0 bridgehead atoms. The van der Waals surface area contributed by atoms with Crippen LogP contribution in [0.2, 0.25) is 0 Å². The van der Waals surface area contributed by atoms with Crippen LogP contribution in [0, 0.1) is 0 Å². The summed E-state index contributed by atoms with van der Waals surface area (Å²) in [6.45, 7) is 6.18. The van der Waals surface area contributed by atoms with Crippen molar-refractivity contribution in [3.63, 3.8) is 0 Å². The Morgan fingerprint density at radius 3 is 2.31 bits per heavy atom. The van der Waals surface area contributed by atoms with Crippen molar-refractivity contribution in [2.75, 3.05) is 0 Å². The highest BCUT2D eigenvalue weighted by Gasteiger charge is 2.28. The van der Waals surface area contributed by atoms with Gasteiger partial charge in [-0.05, 0) is 13.8 Å². The van der Waals surface area contributed by atoms with Crippen molar-refractivity contribution in [2.24, 2.45) is 0 Å². The van der Waals surface area contributed by atoms with Gasteiger partial charge in [0.1, 0.15) is 5.76 Å². The van der Waals surface area contributed by atoms with Gasteiger partial charge in [-0.3, -0.25) is 0 Å². The van der Waals surface area contributed by atoms with Gasteiger partial charge in [0, 0.05) is 5.57 Å². The zero-order chi connectivity index (χ0) is 12.3. The molecule has 0 spiro atoms. The fourth-order valence-electron chi connectivity index (χ4n) is 0.878. The lowest BCUT2D eigenvalue weighted by atomic mass is 10.1. The molecule has 0 aromatic heterocycles. The molecule has 6 heteroatoms. The number of aliphatic hydroxyl groups excluding tert-OH is 1. The number of carbonyl (C=O) groups is 2. The molecule has 1 aliphatic heterocycles. The Bertz CT molecular complexity index is 360. The monoisotopic (exact) mass is 228 g/mol. The van der Waals surface area contributed by atoms with E-state index in [4.69, 9.17) is 9.84 Å². The summed E-state index contributed by atoms with van der Waals surface area (Å²) in [5.41, 5.74) is 0.272. The van der Waals surface area contributed by atoms with Crippen molar-refractivity contribution in [3.05, 3.63) is 23.5 Å². The molecule has 1 fully saturated rings. The van der Waals surface area contributed by atoms with Crippen LogP contribution in [0.4, 0.5) is 0 Å². The van der Waals surface area contributed by atoms with E-state index in [-0.39, 0.29) is 17.6 Å². The number of hydrogen-bond donors (Lipinski definition) is 1. The van der Waals surface area contributed by atoms with Crippen LogP contribution in [0.25, 0.3) is 0 Å². The van der Waals surface area contributed by atoms with E-state index in [1.807, 2.05) is 0 Å². The SMILES string of the molecule is C=C(C)C(=O)OOC(=O)/C(C)=C1/CC(O)O1. The van der Waals surface area contributed by atoms with Crippen molar-refractivity contribution in [1.82, 2.24) is 0 Å². The first-order valence-electron chi connectivity index (χ1n) is 4.55. The fraction of sp³-hybridized carbons (Fsp3) is 0.400. The summed E-state index contributed by atoms with van der Waals surface area (Å²) < 4.78 is 4.75. The molecule has 1 atom stereocenters. The van der Waals surface area contributed by atoms with Crippen molar-refractivity contribution in [3.8, 4) is 0 Å². The van der Waals surface area contributed by atoms with E-state index in [0.717, 1.165) is 0 Å². The third-order valence-corrected chi connectivity index (χ3v) is 1.90. The van der Waals surface area contributed by atoms with Gasteiger partial charge in [0.2, 0.25) is 6.29 Å². The van der Waals surface area contributed by atoms with Gasteiger partial charge in [-0.2, -0.15) is 0 Å². The van der Waals surface area contributed by atoms with Crippen molar-refractivity contribution < 1.29 is 29.2 Å². The Morgan fingerprint density at radius 2 is 1.88 bits per heavy atom. The molecule has 1 rings (SSSR count). The van der Waals surface area contributed by atoms with E-state index in [2.05, 4.69) is 16.4 Å². The Labute approximate surface area is 92.0 Å². The second-order valence-corrected chi connectivity index (χ2v) is 3.35. The molecule has 1 N–H and O–H groups in total. The summed E-state index contributed by atoms with van der Waals surface area (Å²) in [6, 6.07) is 0. The molecule has 0 aromatic carbocycles. The molecular weight excluding hydrogens is 216 g/mol. The molecule has 0 radical (unpaired) electrons. The Hall–Kier alpha value is -1.82. The minimum Gasteiger partial charge on any atom is -0.468 e. The maximum Gasteiger partial charge on any atom is 0.385 e. The van der Waals surface area contributed by atoms with Crippen molar-refractivity contribution in [2.45, 2.75) is 26.6 Å². The maximum absolute atomic E-state index is 11.3. The standard InChI is InChI=1S/C10H12O6/c1-5(2)9(12)15-16-10(13)6(3)7-4-8(11)14-7/h8,11H,1,4H2,2-3H3/b7-6-. The third kappa shape index (κ3) is 2.83. The molecule has 88 valence electrons. The van der Waals surface area contributed by atoms with Gasteiger partial charge in [-0.1, -0.05) is 6.58 Å². The molecule has 0 amide bonds. The number of carbonyl (C=O) groups excluding carboxylic acids is 2. The molecule has 0 aromatic rings. The maximum atomic E-state index is 11.3. The van der Waals surface area contributed by atoms with Crippen LogP contribution < -0.4 is 0 Å². The normalized spacial score (nSPS) is 21.3. The lowest BCUT2D eigenvalue weighted by Gasteiger charge is -2.26. The second-order valence-electron chi connectivity index (χ2n) is 3.35. The number of hydrogen-bond acceptors (Lipinski definition) is 6. The van der Waals surface area contributed by atoms with Crippen molar-refractivity contribution >= 4 is 11.9 Å². The minimum atomic E-state index is -0.879. The second kappa shape index (κ2) is 4.80. The summed E-state index contributed by atoms with van der Waals surface area (Å²) in [6.07, 6.45) is -0.634. The summed E-state index contributed by atoms with van der Waals surface area (Å²) in [7, 11) is 0. The van der Waals surface area contributed by atoms with E-state index < -0.39 is 18.2 Å². The van der Waals surface area contributed by atoms with Crippen molar-refractivity contribution in [1.29, 1.82) is 0 Å². The minimum absolute atomic E-state index is 0.119. The summed E-state index contributed by atoms with van der Waals surface area (Å²) in [5.74, 6) is -1.33. The van der Waals surface area contributed by atoms with E-state index in [1.54, 1.807) is 0 Å². The third-order valence-electron chi connectivity index (χ3n) is 1.90. The first-order chi connectivity index (χ1) is 7.41. The summed E-state index contributed by atoms with van der Waals surface area (Å²) in [4.78, 5) is 30.6. The largest absolute Gasteiger partial charge is 0.468 e. The van der Waals surface area contributed by atoms with Gasteiger partial charge in [0.05, 0.1) is 12.0 Å². The molecule has 0 aliphatic carbocycles. The van der Waals surface area contributed by atoms with Gasteiger partial charge < -0.3 is 9.84 Å². The molecule has 0 saturated carbocycles. The van der Waals surface area contributed by atoms with E-state index in [0.29, 0.717) is 5.76 Å². The molecule has 16 heavy (non-hydrogen) atoms. The smallest absolute Gasteiger partial charge is 0.385 e. The predicted octanol–water partition coefficient (Wildman–Crippen LogP) is 0.577. The van der Waals surface area contributed by atoms with Gasteiger partial charge in [0.25, 0.3) is 0 Å². The fourth-order valence-corrected chi connectivity index (χ4v) is 0.878. The van der Waals surface area contributed by atoms with Gasteiger partial charge in [-0.25, -0.2) is 19.4 Å². The number of aliphatic hydroxyl groups is 1. The van der Waals surface area contributed by atoms with E-state index in [1.165, 1.54) is 13.8 Å². The van der Waals surface area contributed by atoms with Crippen LogP contribution in [-0.2, 0) is 24.1 Å². The van der Waals surface area contributed by atoms with Gasteiger partial charge >= 0.3 is 11.9 Å². The van der Waals surface area contributed by atoms with Crippen LogP contribution in [-0.4, -0.2) is 23.3 Å². The highest BCUT2D eigenvalue weighted by molar-refractivity contribution is 5.90. The van der Waals surface area contributed by atoms with Gasteiger partial charge in [0.15, 0.2) is 0 Å². The lowest BCUT2D eigenvalue weighted by Crippen LogP contribution is -2.27. The Kier molecular flexibility index (Phi) is 3.68. The van der Waals surface area contributed by atoms with E-state index >= 15 is 0 Å². The average molecular weight is 228 g/mol. The Balaban J connectivity index is 2.45. The molecular formula is C10H12O6. The van der Waals surface area contributed by atoms with E-state index in [9.17, 15) is 9.59 Å². The molecule has 1 unspecified atom stereocenters. The first kappa shape index (κ1) is 12.3. The van der Waals surface area contributed by atoms with Crippen LogP contribution in [0.1, 0.15) is 20.3 Å². The topological polar surface area (TPSA) is 82.1 Å². The van der Waals surface area contributed by atoms with Crippen LogP contribution >= 0.6 is 0 Å². The number of rotatable bonds is 2. The predicted molar refractivity (Wildman–Crippen MR) is 51.4 cm³/mol. The molecule has 1 aliphatic rings. The first-order valence-corrected chi connectivity index (χ1v) is 4.55. The number of ether oxygens (including phenoxy) is 1. The van der Waals surface area contributed by atoms with Crippen LogP contribution in [0.15, 0.2) is 23.5 Å². The zero-order valence-electron chi connectivity index (χ0n) is 8.98. The molecule has 1 saturated heterocycles. The van der Waals surface area contributed by atoms with Crippen LogP contribution in [0.3, 0.4) is 0 Å². The Morgan fingerprint density at radius 1 is 1.38 bits per heavy atom.